The Morgan fingerprint density at radius 1 is 1.15 bits per heavy atom. The quantitative estimate of drug-likeness (QED) is 0.849. The van der Waals surface area contributed by atoms with E-state index in [1.807, 2.05) is 20.8 Å². The maximum Gasteiger partial charge on any atom is 0.407 e. The van der Waals surface area contributed by atoms with Gasteiger partial charge in [0.2, 0.25) is 10.0 Å². The third kappa shape index (κ3) is 3.82. The second-order valence-electron chi connectivity index (χ2n) is 8.55. The molecule has 1 N–H and O–H groups in total. The molecule has 27 heavy (non-hydrogen) atoms. The van der Waals surface area contributed by atoms with E-state index in [-0.39, 0.29) is 18.3 Å². The van der Waals surface area contributed by atoms with Gasteiger partial charge in [0.25, 0.3) is 0 Å². The van der Waals surface area contributed by atoms with Gasteiger partial charge in [-0.15, -0.1) is 0 Å². The number of carboxylic acid groups (broad SMARTS) is 1. The molecule has 2 saturated heterocycles. The number of amides is 1. The number of rotatable bonds is 3. The summed E-state index contributed by atoms with van der Waals surface area (Å²) < 4.78 is 40.9. The van der Waals surface area contributed by atoms with Gasteiger partial charge in [0.05, 0.1) is 6.04 Å². The minimum Gasteiger partial charge on any atom is -0.465 e. The lowest BCUT2D eigenvalue weighted by Gasteiger charge is -2.53. The van der Waals surface area contributed by atoms with Crippen molar-refractivity contribution in [1.82, 2.24) is 9.21 Å². The van der Waals surface area contributed by atoms with Crippen molar-refractivity contribution in [2.45, 2.75) is 50.8 Å². The van der Waals surface area contributed by atoms with Gasteiger partial charge in [-0.05, 0) is 41.9 Å². The molecule has 150 valence electrons. The number of carbonyl (C=O) groups is 1. The summed E-state index contributed by atoms with van der Waals surface area (Å²) in [6, 6.07) is 5.84. The molecule has 2 aliphatic heterocycles. The Bertz CT molecular complexity index is 796. The zero-order chi connectivity index (χ0) is 20.0. The Morgan fingerprint density at radius 3 is 2.19 bits per heavy atom. The zero-order valence-electron chi connectivity index (χ0n) is 15.9. The number of halogens is 1. The van der Waals surface area contributed by atoms with Crippen molar-refractivity contribution in [3.05, 3.63) is 35.6 Å². The maximum atomic E-state index is 13.1. The van der Waals surface area contributed by atoms with Gasteiger partial charge in [0, 0.05) is 19.6 Å². The molecule has 2 atom stereocenters. The fourth-order valence-electron chi connectivity index (χ4n) is 4.32. The van der Waals surface area contributed by atoms with Crippen LogP contribution in [0.15, 0.2) is 24.3 Å². The molecule has 0 radical (unpaired) electrons. The van der Waals surface area contributed by atoms with Crippen molar-refractivity contribution in [3.63, 3.8) is 0 Å². The molecule has 8 heteroatoms. The third-order valence-electron chi connectivity index (χ3n) is 5.74. The van der Waals surface area contributed by atoms with Crippen LogP contribution < -0.4 is 0 Å². The molecule has 1 aromatic rings. The van der Waals surface area contributed by atoms with E-state index < -0.39 is 32.8 Å². The van der Waals surface area contributed by atoms with Crippen LogP contribution in [0.4, 0.5) is 9.18 Å². The first kappa shape index (κ1) is 20.1. The van der Waals surface area contributed by atoms with E-state index in [2.05, 4.69) is 0 Å². The van der Waals surface area contributed by atoms with Gasteiger partial charge in [0.15, 0.2) is 0 Å². The van der Waals surface area contributed by atoms with Crippen LogP contribution in [0.1, 0.15) is 45.1 Å². The Kier molecular flexibility index (Phi) is 5.24. The summed E-state index contributed by atoms with van der Waals surface area (Å²) in [4.78, 5) is 12.6. The lowest BCUT2D eigenvalue weighted by molar-refractivity contribution is 0.0218. The lowest BCUT2D eigenvalue weighted by Crippen LogP contribution is -2.70. The van der Waals surface area contributed by atoms with Crippen LogP contribution in [-0.4, -0.2) is 59.7 Å². The third-order valence-corrected chi connectivity index (χ3v) is 7.99. The van der Waals surface area contributed by atoms with Crippen molar-refractivity contribution in [1.29, 1.82) is 0 Å². The molecule has 2 unspecified atom stereocenters. The molecule has 6 nitrogen and oxygen atoms in total. The summed E-state index contributed by atoms with van der Waals surface area (Å²) in [7, 11) is -3.57. The van der Waals surface area contributed by atoms with Crippen LogP contribution >= 0.6 is 0 Å². The first-order valence-electron chi connectivity index (χ1n) is 9.26. The average molecular weight is 399 g/mol. The fraction of sp³-hybridized carbons (Fsp3) is 0.632. The monoisotopic (exact) mass is 398 g/mol. The number of hydrogen-bond donors (Lipinski definition) is 1. The molecule has 3 rings (SSSR count). The molecule has 2 aliphatic rings. The van der Waals surface area contributed by atoms with E-state index in [0.29, 0.717) is 25.9 Å². The summed E-state index contributed by atoms with van der Waals surface area (Å²) in [5.41, 5.74) is 0.572. The first-order chi connectivity index (χ1) is 12.5. The number of hydrogen-bond acceptors (Lipinski definition) is 3. The van der Waals surface area contributed by atoms with Gasteiger partial charge in [-0.25, -0.2) is 21.9 Å². The van der Waals surface area contributed by atoms with Crippen LogP contribution in [0, 0.1) is 11.2 Å². The van der Waals surface area contributed by atoms with E-state index >= 15 is 0 Å². The number of sulfonamides is 1. The number of nitrogens with zero attached hydrogens (tertiary/aromatic N) is 2. The van der Waals surface area contributed by atoms with Gasteiger partial charge in [-0.1, -0.05) is 32.9 Å². The van der Waals surface area contributed by atoms with Crippen LogP contribution in [0.5, 0.6) is 0 Å². The van der Waals surface area contributed by atoms with Crippen molar-refractivity contribution >= 4 is 16.1 Å². The summed E-state index contributed by atoms with van der Waals surface area (Å²) in [6.45, 7) is 6.45. The molecule has 2 heterocycles. The zero-order valence-corrected chi connectivity index (χ0v) is 16.7. The topological polar surface area (TPSA) is 77.9 Å². The van der Waals surface area contributed by atoms with E-state index in [1.54, 1.807) is 12.1 Å². The highest BCUT2D eigenvalue weighted by Crippen LogP contribution is 2.40. The summed E-state index contributed by atoms with van der Waals surface area (Å²) in [6.07, 6.45) is 0.289. The molecule has 2 fully saturated rings. The van der Waals surface area contributed by atoms with Gasteiger partial charge < -0.3 is 10.0 Å². The molecule has 0 spiro atoms. The normalized spacial score (nSPS) is 25.3. The highest BCUT2D eigenvalue weighted by molar-refractivity contribution is 7.89. The van der Waals surface area contributed by atoms with Crippen molar-refractivity contribution in [3.8, 4) is 0 Å². The predicted molar refractivity (Wildman–Crippen MR) is 101 cm³/mol. The standard InChI is InChI=1S/C19H27FN2O4S/c1-19(2,3)17-16(12-22(17)18(23)24)27(25,26)21-10-8-14(9-11-21)13-4-6-15(20)7-5-13/h4-7,14,16-17H,8-12H2,1-3H3,(H,23,24). The second-order valence-corrected chi connectivity index (χ2v) is 10.7. The summed E-state index contributed by atoms with van der Waals surface area (Å²) >= 11 is 0. The van der Waals surface area contributed by atoms with Crippen molar-refractivity contribution in [2.24, 2.45) is 5.41 Å². The van der Waals surface area contributed by atoms with Gasteiger partial charge in [0.1, 0.15) is 11.1 Å². The summed E-state index contributed by atoms with van der Waals surface area (Å²) in [5, 5.41) is 8.63. The predicted octanol–water partition coefficient (Wildman–Crippen LogP) is 3.11. The van der Waals surface area contributed by atoms with Crippen molar-refractivity contribution in [2.75, 3.05) is 19.6 Å². The molecular weight excluding hydrogens is 371 g/mol. The highest BCUT2D eigenvalue weighted by atomic mass is 32.2. The first-order valence-corrected chi connectivity index (χ1v) is 10.8. The van der Waals surface area contributed by atoms with E-state index in [4.69, 9.17) is 0 Å². The summed E-state index contributed by atoms with van der Waals surface area (Å²) in [5.74, 6) is -0.0627. The average Bonchev–Trinajstić information content (AvgIpc) is 2.52. The Morgan fingerprint density at radius 2 is 1.70 bits per heavy atom. The Labute approximate surface area is 160 Å². The number of piperidine rings is 1. The lowest BCUT2D eigenvalue weighted by atomic mass is 9.79. The van der Waals surface area contributed by atoms with Gasteiger partial charge in [-0.2, -0.15) is 0 Å². The van der Waals surface area contributed by atoms with Crippen LogP contribution in [-0.2, 0) is 10.0 Å². The van der Waals surface area contributed by atoms with Gasteiger partial charge >= 0.3 is 6.09 Å². The Balaban J connectivity index is 1.70. The number of benzene rings is 1. The molecule has 1 amide bonds. The van der Waals surface area contributed by atoms with E-state index in [1.165, 1.54) is 21.3 Å². The SMILES string of the molecule is CC(C)(C)C1C(S(=O)(=O)N2CCC(c3ccc(F)cc3)CC2)CN1C(=O)O. The fourth-order valence-corrected chi connectivity index (χ4v) is 6.65. The second kappa shape index (κ2) is 7.05. The van der Waals surface area contributed by atoms with Crippen LogP contribution in [0.2, 0.25) is 0 Å². The molecule has 0 bridgehead atoms. The van der Waals surface area contributed by atoms with Gasteiger partial charge in [-0.3, -0.25) is 0 Å². The van der Waals surface area contributed by atoms with Crippen LogP contribution in [0.25, 0.3) is 0 Å². The smallest absolute Gasteiger partial charge is 0.407 e. The minimum atomic E-state index is -3.57. The largest absolute Gasteiger partial charge is 0.465 e. The molecular formula is C19H27FN2O4S. The van der Waals surface area contributed by atoms with E-state index in [9.17, 15) is 22.7 Å². The number of likely N-dealkylation sites (tertiary alicyclic amines) is 1. The maximum absolute atomic E-state index is 13.1. The van der Waals surface area contributed by atoms with E-state index in [0.717, 1.165) is 5.56 Å². The van der Waals surface area contributed by atoms with Crippen LogP contribution in [0.3, 0.4) is 0 Å². The molecule has 0 aliphatic carbocycles. The van der Waals surface area contributed by atoms with Crippen molar-refractivity contribution < 1.29 is 22.7 Å². The molecule has 0 saturated carbocycles. The minimum absolute atomic E-state index is 0.0253. The Hall–Kier alpha value is -1.67. The highest BCUT2D eigenvalue weighted by Gasteiger charge is 2.55. The molecule has 0 aromatic heterocycles. The molecule has 1 aromatic carbocycles.